The van der Waals surface area contributed by atoms with Crippen molar-refractivity contribution < 1.29 is 19.2 Å². The monoisotopic (exact) mass is 404 g/mol. The molecule has 1 amide bonds. The van der Waals surface area contributed by atoms with Crippen molar-refractivity contribution in [3.8, 4) is 0 Å². The first-order valence-corrected chi connectivity index (χ1v) is 8.84. The van der Waals surface area contributed by atoms with Gasteiger partial charge in [0.1, 0.15) is 12.5 Å². The van der Waals surface area contributed by atoms with Crippen molar-refractivity contribution in [1.82, 2.24) is 4.90 Å². The molecule has 0 aliphatic heterocycles. The minimum Gasteiger partial charge on any atom is -0.472 e. The van der Waals surface area contributed by atoms with Crippen molar-refractivity contribution >= 4 is 29.4 Å². The van der Waals surface area contributed by atoms with Gasteiger partial charge in [0, 0.05) is 18.3 Å². The Labute approximate surface area is 167 Å². The summed E-state index contributed by atoms with van der Waals surface area (Å²) in [7, 11) is 1.67. The standard InChI is InChI=1S/C19H21ClN4O4/c1-24(17(25)11-20)16-4-2-3-13(5-10-16)12-27-18(23-21)14-6-8-15(9-7-14)19(26)28-22/h2,4-10H,3,11-12,21-22H2,1H3/b23-18-. The van der Waals surface area contributed by atoms with E-state index in [1.807, 2.05) is 24.3 Å². The summed E-state index contributed by atoms with van der Waals surface area (Å²) in [5.74, 6) is 9.60. The number of hydrogen-bond donors (Lipinski definition) is 2. The number of rotatable bonds is 6. The first-order valence-electron chi connectivity index (χ1n) is 8.31. The average Bonchev–Trinajstić information content (AvgIpc) is 2.98. The summed E-state index contributed by atoms with van der Waals surface area (Å²) < 4.78 is 5.71. The smallest absolute Gasteiger partial charge is 0.356 e. The summed E-state index contributed by atoms with van der Waals surface area (Å²) in [6, 6.07) is 6.32. The van der Waals surface area contributed by atoms with Gasteiger partial charge in [-0.15, -0.1) is 16.7 Å². The molecule has 0 aromatic heterocycles. The van der Waals surface area contributed by atoms with Gasteiger partial charge in [-0.3, -0.25) is 4.79 Å². The SMILES string of the molecule is CN(C(=O)CCl)C1=CC=C(CO/C(=N\N)c2ccc(C(=O)ON)cc2)CC=C1. The van der Waals surface area contributed by atoms with E-state index in [2.05, 4.69) is 9.94 Å². The van der Waals surface area contributed by atoms with E-state index in [4.69, 9.17) is 28.1 Å². The number of ether oxygens (including phenoxy) is 1. The first-order chi connectivity index (χ1) is 13.5. The van der Waals surface area contributed by atoms with Crippen LogP contribution in [0.25, 0.3) is 0 Å². The molecule has 28 heavy (non-hydrogen) atoms. The Morgan fingerprint density at radius 1 is 1.21 bits per heavy atom. The van der Waals surface area contributed by atoms with E-state index in [0.29, 0.717) is 17.5 Å². The lowest BCUT2D eigenvalue weighted by Crippen LogP contribution is -2.26. The lowest BCUT2D eigenvalue weighted by atomic mass is 10.1. The molecular formula is C19H21ClN4O4. The van der Waals surface area contributed by atoms with Crippen LogP contribution in [0.4, 0.5) is 0 Å². The Bertz CT molecular complexity index is 844. The van der Waals surface area contributed by atoms with Gasteiger partial charge in [-0.25, -0.2) is 4.79 Å². The lowest BCUT2D eigenvalue weighted by Gasteiger charge is -2.16. The third-order valence-corrected chi connectivity index (χ3v) is 4.25. The molecule has 2 rings (SSSR count). The molecule has 1 aromatic carbocycles. The van der Waals surface area contributed by atoms with Crippen LogP contribution in [0.5, 0.6) is 0 Å². The van der Waals surface area contributed by atoms with Crippen molar-refractivity contribution in [3.63, 3.8) is 0 Å². The number of allylic oxidation sites excluding steroid dienone is 4. The molecule has 148 valence electrons. The zero-order valence-electron chi connectivity index (χ0n) is 15.3. The maximum absolute atomic E-state index is 11.7. The van der Waals surface area contributed by atoms with E-state index in [-0.39, 0.29) is 24.3 Å². The van der Waals surface area contributed by atoms with Crippen LogP contribution >= 0.6 is 11.6 Å². The Hall–Kier alpha value is -3.10. The molecule has 0 fully saturated rings. The number of amides is 1. The molecule has 4 N–H and O–H groups in total. The highest BCUT2D eigenvalue weighted by atomic mass is 35.5. The van der Waals surface area contributed by atoms with Crippen LogP contribution in [0.2, 0.25) is 0 Å². The second kappa shape index (κ2) is 10.3. The van der Waals surface area contributed by atoms with E-state index < -0.39 is 5.97 Å². The zero-order valence-corrected chi connectivity index (χ0v) is 16.1. The average molecular weight is 405 g/mol. The van der Waals surface area contributed by atoms with Gasteiger partial charge in [-0.1, -0.05) is 12.2 Å². The Kier molecular flexibility index (Phi) is 7.79. The minimum absolute atomic E-state index is 0.0839. The Morgan fingerprint density at radius 2 is 1.89 bits per heavy atom. The summed E-state index contributed by atoms with van der Waals surface area (Å²) in [5, 5.41) is 3.66. The molecule has 1 aromatic rings. The molecule has 9 heteroatoms. The fraction of sp³-hybridized carbons (Fsp3) is 0.211. The number of halogens is 1. The van der Waals surface area contributed by atoms with Crippen molar-refractivity contribution in [1.29, 1.82) is 0 Å². The van der Waals surface area contributed by atoms with E-state index in [1.165, 1.54) is 17.0 Å². The van der Waals surface area contributed by atoms with Crippen LogP contribution < -0.4 is 11.7 Å². The van der Waals surface area contributed by atoms with Crippen molar-refractivity contribution in [2.75, 3.05) is 19.5 Å². The summed E-state index contributed by atoms with van der Waals surface area (Å²) in [5.41, 5.74) is 2.59. The van der Waals surface area contributed by atoms with Gasteiger partial charge in [0.15, 0.2) is 0 Å². The van der Waals surface area contributed by atoms with Gasteiger partial charge >= 0.3 is 5.97 Å². The van der Waals surface area contributed by atoms with Crippen molar-refractivity contribution in [2.24, 2.45) is 16.8 Å². The van der Waals surface area contributed by atoms with Gasteiger partial charge in [0.2, 0.25) is 11.8 Å². The lowest BCUT2D eigenvalue weighted by molar-refractivity contribution is -0.125. The van der Waals surface area contributed by atoms with Crippen LogP contribution in [0.1, 0.15) is 22.3 Å². The molecule has 0 saturated carbocycles. The predicted octanol–water partition coefficient (Wildman–Crippen LogP) is 1.82. The molecule has 0 heterocycles. The summed E-state index contributed by atoms with van der Waals surface area (Å²) in [4.78, 5) is 28.8. The normalized spacial score (nSPS) is 13.9. The van der Waals surface area contributed by atoms with Crippen molar-refractivity contribution in [3.05, 3.63) is 71.0 Å². The number of hydrogen-bond acceptors (Lipinski definition) is 7. The highest BCUT2D eigenvalue weighted by Gasteiger charge is 2.12. The van der Waals surface area contributed by atoms with Crippen LogP contribution in [-0.2, 0) is 14.4 Å². The topological polar surface area (TPSA) is 120 Å². The third kappa shape index (κ3) is 5.45. The maximum Gasteiger partial charge on any atom is 0.356 e. The van der Waals surface area contributed by atoms with Crippen LogP contribution in [-0.4, -0.2) is 42.2 Å². The van der Waals surface area contributed by atoms with E-state index in [9.17, 15) is 9.59 Å². The van der Waals surface area contributed by atoms with Crippen molar-refractivity contribution in [2.45, 2.75) is 6.42 Å². The van der Waals surface area contributed by atoms with Gasteiger partial charge in [0.05, 0.1) is 5.56 Å². The number of alkyl halides is 1. The number of carbonyl (C=O) groups is 2. The fourth-order valence-electron chi connectivity index (χ4n) is 2.40. The fourth-order valence-corrected chi connectivity index (χ4v) is 2.57. The molecule has 1 aliphatic rings. The van der Waals surface area contributed by atoms with Crippen LogP contribution in [0, 0.1) is 0 Å². The van der Waals surface area contributed by atoms with E-state index >= 15 is 0 Å². The van der Waals surface area contributed by atoms with Crippen LogP contribution in [0.15, 0.2) is 64.9 Å². The molecule has 0 saturated heterocycles. The quantitative estimate of drug-likeness (QED) is 0.245. The largest absolute Gasteiger partial charge is 0.472 e. The molecule has 0 unspecified atom stereocenters. The Morgan fingerprint density at radius 3 is 2.50 bits per heavy atom. The predicted molar refractivity (Wildman–Crippen MR) is 106 cm³/mol. The molecule has 0 spiro atoms. The van der Waals surface area contributed by atoms with Gasteiger partial charge in [-0.2, -0.15) is 5.90 Å². The number of nitrogens with zero attached hydrogens (tertiary/aromatic N) is 2. The number of hydrazone groups is 1. The summed E-state index contributed by atoms with van der Waals surface area (Å²) >= 11 is 5.59. The summed E-state index contributed by atoms with van der Waals surface area (Å²) in [6.45, 7) is 0.254. The first kappa shape index (κ1) is 21.2. The number of likely N-dealkylation sites (N-methyl/N-ethyl adjacent to an activating group) is 1. The molecule has 0 radical (unpaired) electrons. The maximum atomic E-state index is 11.7. The van der Waals surface area contributed by atoms with Gasteiger partial charge < -0.3 is 20.3 Å². The molecule has 0 atom stereocenters. The minimum atomic E-state index is -0.644. The molecule has 1 aliphatic carbocycles. The van der Waals surface area contributed by atoms with Gasteiger partial charge in [0.25, 0.3) is 0 Å². The van der Waals surface area contributed by atoms with E-state index in [0.717, 1.165) is 11.3 Å². The van der Waals surface area contributed by atoms with Gasteiger partial charge in [-0.05, 0) is 48.4 Å². The molecule has 0 bridgehead atoms. The zero-order chi connectivity index (χ0) is 20.5. The highest BCUT2D eigenvalue weighted by molar-refractivity contribution is 6.27. The Balaban J connectivity index is 2.04. The molecule has 8 nitrogen and oxygen atoms in total. The number of nitrogens with two attached hydrogens (primary N) is 2. The number of benzene rings is 1. The third-order valence-electron chi connectivity index (χ3n) is 4.02. The molecular weight excluding hydrogens is 384 g/mol. The van der Waals surface area contributed by atoms with E-state index in [1.54, 1.807) is 19.2 Å². The van der Waals surface area contributed by atoms with Crippen LogP contribution in [0.3, 0.4) is 0 Å². The second-order valence-electron chi connectivity index (χ2n) is 5.81. The number of carbonyl (C=O) groups excluding carboxylic acids is 2. The summed E-state index contributed by atoms with van der Waals surface area (Å²) in [6.07, 6.45) is 8.11. The second-order valence-corrected chi connectivity index (χ2v) is 6.08. The highest BCUT2D eigenvalue weighted by Crippen LogP contribution is 2.16.